The van der Waals surface area contributed by atoms with Crippen molar-refractivity contribution in [3.63, 3.8) is 0 Å². The van der Waals surface area contributed by atoms with Gasteiger partial charge in [0.1, 0.15) is 0 Å². The van der Waals surface area contributed by atoms with Crippen LogP contribution in [0, 0.1) is 0 Å². The molecule has 0 radical (unpaired) electrons. The molecule has 2 atom stereocenters. The van der Waals surface area contributed by atoms with Crippen molar-refractivity contribution in [3.05, 3.63) is 29.8 Å². The number of hydrogen-bond donors (Lipinski definition) is 1. The molecule has 1 aromatic carbocycles. The van der Waals surface area contributed by atoms with E-state index in [0.29, 0.717) is 13.0 Å². The van der Waals surface area contributed by atoms with Crippen molar-refractivity contribution in [3.8, 4) is 0 Å². The third-order valence-corrected chi connectivity index (χ3v) is 4.69. The van der Waals surface area contributed by atoms with Gasteiger partial charge in [0, 0.05) is 30.2 Å². The summed E-state index contributed by atoms with van der Waals surface area (Å²) in [5, 5.41) is 3.05. The fourth-order valence-electron chi connectivity index (χ4n) is 3.57. The molecule has 1 N–H and O–H groups in total. The second-order valence-electron chi connectivity index (χ2n) is 7.58. The minimum atomic E-state index is -0.204. The van der Waals surface area contributed by atoms with E-state index in [2.05, 4.69) is 18.3 Å². The van der Waals surface area contributed by atoms with E-state index >= 15 is 0 Å². The van der Waals surface area contributed by atoms with E-state index in [0.717, 1.165) is 12.1 Å². The van der Waals surface area contributed by atoms with Gasteiger partial charge in [-0.25, -0.2) is 4.79 Å². The Morgan fingerprint density at radius 1 is 1.22 bits per heavy atom. The lowest BCUT2D eigenvalue weighted by Crippen LogP contribution is -2.49. The zero-order valence-corrected chi connectivity index (χ0v) is 14.3. The maximum Gasteiger partial charge on any atom is 0.322 e. The molecule has 2 heterocycles. The highest BCUT2D eigenvalue weighted by atomic mass is 16.2. The number of anilines is 1. The predicted molar refractivity (Wildman–Crippen MR) is 90.5 cm³/mol. The molecule has 0 aromatic heterocycles. The van der Waals surface area contributed by atoms with Gasteiger partial charge in [-0.2, -0.15) is 0 Å². The molecule has 1 fully saturated rings. The number of para-hydroxylation sites is 1. The summed E-state index contributed by atoms with van der Waals surface area (Å²) in [6.07, 6.45) is 1.26. The zero-order chi connectivity index (χ0) is 16.8. The maximum atomic E-state index is 12.7. The van der Waals surface area contributed by atoms with Gasteiger partial charge in [0.15, 0.2) is 0 Å². The van der Waals surface area contributed by atoms with Crippen LogP contribution in [-0.2, 0) is 11.2 Å². The Balaban J connectivity index is 1.70. The molecule has 1 aromatic rings. The van der Waals surface area contributed by atoms with Gasteiger partial charge in [0.2, 0.25) is 5.91 Å². The highest BCUT2D eigenvalue weighted by Crippen LogP contribution is 2.32. The monoisotopic (exact) mass is 315 g/mol. The first-order valence-corrected chi connectivity index (χ1v) is 8.25. The minimum absolute atomic E-state index is 0.101. The lowest BCUT2D eigenvalue weighted by Gasteiger charge is -2.32. The summed E-state index contributed by atoms with van der Waals surface area (Å²) >= 11 is 0. The number of nitrogens with zero attached hydrogens (tertiary/aromatic N) is 2. The summed E-state index contributed by atoms with van der Waals surface area (Å²) in [4.78, 5) is 28.5. The molecule has 3 rings (SSSR count). The van der Waals surface area contributed by atoms with E-state index in [1.165, 1.54) is 5.56 Å². The van der Waals surface area contributed by atoms with Crippen LogP contribution in [0.5, 0.6) is 0 Å². The number of likely N-dealkylation sites (tertiary alicyclic amines) is 1. The number of carbonyl (C=O) groups is 2. The molecule has 2 aliphatic heterocycles. The molecule has 0 aliphatic carbocycles. The molecule has 124 valence electrons. The number of urea groups is 1. The van der Waals surface area contributed by atoms with E-state index in [1.807, 2.05) is 48.8 Å². The van der Waals surface area contributed by atoms with Crippen molar-refractivity contribution in [2.24, 2.45) is 0 Å². The molecule has 23 heavy (non-hydrogen) atoms. The fourth-order valence-corrected chi connectivity index (χ4v) is 3.57. The van der Waals surface area contributed by atoms with Crippen LogP contribution in [0.25, 0.3) is 0 Å². The van der Waals surface area contributed by atoms with Crippen LogP contribution in [-0.4, -0.2) is 41.0 Å². The third-order valence-electron chi connectivity index (χ3n) is 4.69. The van der Waals surface area contributed by atoms with Crippen molar-refractivity contribution in [2.75, 3.05) is 11.4 Å². The topological polar surface area (TPSA) is 52.7 Å². The Kier molecular flexibility index (Phi) is 3.82. The van der Waals surface area contributed by atoms with Gasteiger partial charge in [0.25, 0.3) is 0 Å². The lowest BCUT2D eigenvalue weighted by molar-refractivity contribution is -0.131. The average Bonchev–Trinajstić information content (AvgIpc) is 2.97. The predicted octanol–water partition coefficient (Wildman–Crippen LogP) is 2.55. The standard InChI is InChI=1S/C18H25N3O2/c1-12-9-13-7-5-6-8-15(13)21(12)17(23)19-14-10-16(22)20(11-14)18(2,3)4/h5-8,12,14H,9-11H2,1-4H3,(H,19,23). The smallest absolute Gasteiger partial charge is 0.322 e. The largest absolute Gasteiger partial charge is 0.336 e. The number of carbonyl (C=O) groups excluding carboxylic acids is 2. The van der Waals surface area contributed by atoms with Gasteiger partial charge >= 0.3 is 6.03 Å². The van der Waals surface area contributed by atoms with Gasteiger partial charge < -0.3 is 10.2 Å². The highest BCUT2D eigenvalue weighted by Gasteiger charge is 2.38. The Morgan fingerprint density at radius 2 is 1.91 bits per heavy atom. The van der Waals surface area contributed by atoms with Crippen LogP contribution in [0.1, 0.15) is 39.7 Å². The summed E-state index contributed by atoms with van der Waals surface area (Å²) < 4.78 is 0. The van der Waals surface area contributed by atoms with Gasteiger partial charge in [-0.05, 0) is 45.7 Å². The summed E-state index contributed by atoms with van der Waals surface area (Å²) in [7, 11) is 0. The Bertz CT molecular complexity index is 635. The summed E-state index contributed by atoms with van der Waals surface area (Å²) in [6, 6.07) is 7.94. The molecular weight excluding hydrogens is 290 g/mol. The molecule has 5 nitrogen and oxygen atoms in total. The Morgan fingerprint density at radius 3 is 2.57 bits per heavy atom. The van der Waals surface area contributed by atoms with Crippen molar-refractivity contribution in [2.45, 2.75) is 58.2 Å². The molecule has 3 amide bonds. The second kappa shape index (κ2) is 5.55. The first kappa shape index (κ1) is 15.8. The lowest BCUT2D eigenvalue weighted by atomic mass is 10.1. The SMILES string of the molecule is CC1Cc2ccccc2N1C(=O)NC1CC(=O)N(C(C)(C)C)C1. The van der Waals surface area contributed by atoms with Crippen molar-refractivity contribution in [1.29, 1.82) is 0 Å². The number of fused-ring (bicyclic) bond motifs is 1. The summed E-state index contributed by atoms with van der Waals surface area (Å²) in [5.74, 6) is 0.109. The number of benzene rings is 1. The number of rotatable bonds is 1. The van der Waals surface area contributed by atoms with E-state index in [-0.39, 0.29) is 29.6 Å². The maximum absolute atomic E-state index is 12.7. The van der Waals surface area contributed by atoms with Crippen LogP contribution in [0.15, 0.2) is 24.3 Å². The van der Waals surface area contributed by atoms with Crippen molar-refractivity contribution in [1.82, 2.24) is 10.2 Å². The number of nitrogens with one attached hydrogen (secondary N) is 1. The second-order valence-corrected chi connectivity index (χ2v) is 7.58. The molecule has 5 heteroatoms. The van der Waals surface area contributed by atoms with Gasteiger partial charge in [-0.15, -0.1) is 0 Å². The molecule has 0 saturated carbocycles. The van der Waals surface area contributed by atoms with Crippen LogP contribution in [0.2, 0.25) is 0 Å². The quantitative estimate of drug-likeness (QED) is 0.866. The summed E-state index contributed by atoms with van der Waals surface area (Å²) in [6.45, 7) is 8.70. The molecular formula is C18H25N3O2. The Labute approximate surface area is 137 Å². The van der Waals surface area contributed by atoms with Crippen molar-refractivity contribution < 1.29 is 9.59 Å². The van der Waals surface area contributed by atoms with Crippen LogP contribution < -0.4 is 10.2 Å². The van der Waals surface area contributed by atoms with E-state index in [1.54, 1.807) is 0 Å². The molecule has 1 saturated heterocycles. The first-order chi connectivity index (χ1) is 10.8. The van der Waals surface area contributed by atoms with Crippen LogP contribution in [0.4, 0.5) is 10.5 Å². The number of hydrogen-bond acceptors (Lipinski definition) is 2. The van der Waals surface area contributed by atoms with Gasteiger partial charge in [-0.1, -0.05) is 18.2 Å². The first-order valence-electron chi connectivity index (χ1n) is 8.25. The van der Waals surface area contributed by atoms with E-state index < -0.39 is 0 Å². The third kappa shape index (κ3) is 2.92. The van der Waals surface area contributed by atoms with E-state index in [4.69, 9.17) is 0 Å². The van der Waals surface area contributed by atoms with Crippen molar-refractivity contribution >= 4 is 17.6 Å². The van der Waals surface area contributed by atoms with Gasteiger partial charge in [-0.3, -0.25) is 9.69 Å². The van der Waals surface area contributed by atoms with Crippen LogP contribution >= 0.6 is 0 Å². The number of amides is 3. The normalized spacial score (nSPS) is 24.1. The molecule has 2 aliphatic rings. The van der Waals surface area contributed by atoms with Gasteiger partial charge in [0.05, 0.1) is 6.04 Å². The van der Waals surface area contributed by atoms with E-state index in [9.17, 15) is 9.59 Å². The molecule has 0 spiro atoms. The average molecular weight is 315 g/mol. The van der Waals surface area contributed by atoms with Crippen LogP contribution in [0.3, 0.4) is 0 Å². The fraction of sp³-hybridized carbons (Fsp3) is 0.556. The zero-order valence-electron chi connectivity index (χ0n) is 14.3. The molecule has 0 bridgehead atoms. The summed E-state index contributed by atoms with van der Waals surface area (Å²) in [5.41, 5.74) is 1.98. The highest BCUT2D eigenvalue weighted by molar-refractivity contribution is 5.95. The minimum Gasteiger partial charge on any atom is -0.336 e. The Hall–Kier alpha value is -2.04. The molecule has 2 unspecified atom stereocenters.